The normalized spacial score (nSPS) is 10.8. The number of esters is 1. The third kappa shape index (κ3) is 4.43. The fourth-order valence-electron chi connectivity index (χ4n) is 2.32. The molecule has 0 aliphatic carbocycles. The highest BCUT2D eigenvalue weighted by Gasteiger charge is 2.15. The summed E-state index contributed by atoms with van der Waals surface area (Å²) in [6.45, 7) is 2.58. The van der Waals surface area contributed by atoms with Crippen molar-refractivity contribution in [3.63, 3.8) is 0 Å². The van der Waals surface area contributed by atoms with Gasteiger partial charge in [0.1, 0.15) is 0 Å². The molecule has 1 aromatic carbocycles. The van der Waals surface area contributed by atoms with Crippen LogP contribution in [-0.2, 0) is 16.1 Å². The number of amides is 1. The fourth-order valence-corrected chi connectivity index (χ4v) is 3.33. The summed E-state index contributed by atoms with van der Waals surface area (Å²) < 4.78 is 6.33. The van der Waals surface area contributed by atoms with E-state index in [0.717, 1.165) is 12.8 Å². The van der Waals surface area contributed by atoms with Crippen LogP contribution in [0.2, 0.25) is 0 Å². The molecule has 2 rings (SSSR count). The molecular weight excluding hydrogens is 354 g/mol. The van der Waals surface area contributed by atoms with Crippen molar-refractivity contribution in [3.05, 3.63) is 34.1 Å². The summed E-state index contributed by atoms with van der Waals surface area (Å²) in [5, 5.41) is 0.921. The van der Waals surface area contributed by atoms with E-state index >= 15 is 0 Å². The maximum Gasteiger partial charge on any atom is 0.337 e. The first-order valence-corrected chi connectivity index (χ1v) is 9.33. The first-order chi connectivity index (χ1) is 12.4. The quantitative estimate of drug-likeness (QED) is 0.418. The standard InChI is InChI=1S/C18H23N3O4S/c1-5-6-9-21-16(23)13-8-7-12(17(24)25-4)10-14(13)19-18(21)26-11-15(22)20(2)3/h7-8,10H,5-6,9,11H2,1-4H3. The van der Waals surface area contributed by atoms with E-state index in [9.17, 15) is 14.4 Å². The van der Waals surface area contributed by atoms with Gasteiger partial charge in [0.2, 0.25) is 5.91 Å². The molecule has 26 heavy (non-hydrogen) atoms. The van der Waals surface area contributed by atoms with E-state index < -0.39 is 5.97 Å². The van der Waals surface area contributed by atoms with Gasteiger partial charge in [-0.2, -0.15) is 0 Å². The van der Waals surface area contributed by atoms with Crippen molar-refractivity contribution < 1.29 is 14.3 Å². The summed E-state index contributed by atoms with van der Waals surface area (Å²) in [5.74, 6) is -0.358. The van der Waals surface area contributed by atoms with Crippen LogP contribution in [0.1, 0.15) is 30.1 Å². The maximum absolute atomic E-state index is 12.9. The number of hydrogen-bond acceptors (Lipinski definition) is 6. The highest BCUT2D eigenvalue weighted by molar-refractivity contribution is 7.99. The van der Waals surface area contributed by atoms with Crippen molar-refractivity contribution >= 4 is 34.5 Å². The van der Waals surface area contributed by atoms with Crippen LogP contribution in [0, 0.1) is 0 Å². The van der Waals surface area contributed by atoms with Crippen LogP contribution in [0.5, 0.6) is 0 Å². The summed E-state index contributed by atoms with van der Waals surface area (Å²) in [5.41, 5.74) is 0.587. The number of ether oxygens (including phenoxy) is 1. The van der Waals surface area contributed by atoms with Gasteiger partial charge < -0.3 is 9.64 Å². The van der Waals surface area contributed by atoms with Crippen molar-refractivity contribution in [1.29, 1.82) is 0 Å². The Morgan fingerprint density at radius 1 is 1.31 bits per heavy atom. The topological polar surface area (TPSA) is 81.5 Å². The van der Waals surface area contributed by atoms with Crippen molar-refractivity contribution in [2.75, 3.05) is 27.0 Å². The number of unbranched alkanes of at least 4 members (excludes halogenated alkanes) is 1. The molecule has 0 radical (unpaired) electrons. The molecule has 1 aromatic heterocycles. The zero-order valence-corrected chi connectivity index (χ0v) is 16.3. The second-order valence-corrected chi connectivity index (χ2v) is 6.95. The second kappa shape index (κ2) is 8.84. The highest BCUT2D eigenvalue weighted by atomic mass is 32.2. The molecule has 0 fully saturated rings. The number of rotatable bonds is 7. The number of fused-ring (bicyclic) bond motifs is 1. The Morgan fingerprint density at radius 3 is 2.65 bits per heavy atom. The lowest BCUT2D eigenvalue weighted by Crippen LogP contribution is -2.26. The number of aromatic nitrogens is 2. The first kappa shape index (κ1) is 20.0. The van der Waals surface area contributed by atoms with Crippen molar-refractivity contribution in [2.45, 2.75) is 31.5 Å². The summed E-state index contributed by atoms with van der Waals surface area (Å²) in [4.78, 5) is 42.6. The Bertz CT molecular complexity index is 877. The molecule has 0 aliphatic heterocycles. The third-order valence-electron chi connectivity index (χ3n) is 3.90. The van der Waals surface area contributed by atoms with Gasteiger partial charge in [-0.05, 0) is 24.6 Å². The number of benzene rings is 1. The zero-order chi connectivity index (χ0) is 19.3. The van der Waals surface area contributed by atoms with Gasteiger partial charge in [0.25, 0.3) is 5.56 Å². The fraction of sp³-hybridized carbons (Fsp3) is 0.444. The minimum atomic E-state index is -0.485. The predicted octanol–water partition coefficient (Wildman–Crippen LogP) is 2.16. The minimum Gasteiger partial charge on any atom is -0.465 e. The predicted molar refractivity (Wildman–Crippen MR) is 102 cm³/mol. The van der Waals surface area contributed by atoms with E-state index in [1.807, 2.05) is 6.92 Å². The third-order valence-corrected chi connectivity index (χ3v) is 4.86. The number of carbonyl (C=O) groups excluding carboxylic acids is 2. The van der Waals surface area contributed by atoms with Crippen LogP contribution in [0.3, 0.4) is 0 Å². The van der Waals surface area contributed by atoms with Crippen LogP contribution in [0.25, 0.3) is 10.9 Å². The van der Waals surface area contributed by atoms with Crippen molar-refractivity contribution in [2.24, 2.45) is 0 Å². The molecule has 0 N–H and O–H groups in total. The van der Waals surface area contributed by atoms with E-state index in [2.05, 4.69) is 4.98 Å². The van der Waals surface area contributed by atoms with Gasteiger partial charge in [0.05, 0.1) is 29.3 Å². The Hall–Kier alpha value is -2.35. The molecule has 0 atom stereocenters. The molecule has 0 bridgehead atoms. The SMILES string of the molecule is CCCCn1c(SCC(=O)N(C)C)nc2cc(C(=O)OC)ccc2c1=O. The van der Waals surface area contributed by atoms with Crippen LogP contribution >= 0.6 is 11.8 Å². The van der Waals surface area contributed by atoms with Gasteiger partial charge in [-0.3, -0.25) is 14.2 Å². The second-order valence-electron chi connectivity index (χ2n) is 6.01. The average molecular weight is 377 g/mol. The molecule has 0 saturated carbocycles. The largest absolute Gasteiger partial charge is 0.465 e. The summed E-state index contributed by atoms with van der Waals surface area (Å²) in [7, 11) is 4.67. The molecule has 140 valence electrons. The molecule has 8 heteroatoms. The van der Waals surface area contributed by atoms with Gasteiger partial charge in [0.15, 0.2) is 5.16 Å². The van der Waals surface area contributed by atoms with E-state index in [0.29, 0.717) is 28.2 Å². The highest BCUT2D eigenvalue weighted by Crippen LogP contribution is 2.20. The lowest BCUT2D eigenvalue weighted by atomic mass is 10.1. The van der Waals surface area contributed by atoms with Crippen LogP contribution < -0.4 is 5.56 Å². The molecule has 0 saturated heterocycles. The number of carbonyl (C=O) groups is 2. The molecule has 0 unspecified atom stereocenters. The van der Waals surface area contributed by atoms with Gasteiger partial charge in [-0.25, -0.2) is 9.78 Å². The van der Waals surface area contributed by atoms with Crippen LogP contribution in [-0.4, -0.2) is 53.3 Å². The van der Waals surface area contributed by atoms with E-state index in [4.69, 9.17) is 4.74 Å². The van der Waals surface area contributed by atoms with Gasteiger partial charge >= 0.3 is 5.97 Å². The Labute approximate surface area is 156 Å². The molecule has 1 amide bonds. The first-order valence-electron chi connectivity index (χ1n) is 8.34. The summed E-state index contributed by atoms with van der Waals surface area (Å²) in [6, 6.07) is 4.70. The molecule has 2 aromatic rings. The van der Waals surface area contributed by atoms with E-state index in [1.54, 1.807) is 36.9 Å². The smallest absolute Gasteiger partial charge is 0.337 e. The van der Waals surface area contributed by atoms with Gasteiger partial charge in [0, 0.05) is 20.6 Å². The number of methoxy groups -OCH3 is 1. The van der Waals surface area contributed by atoms with Crippen LogP contribution in [0.15, 0.2) is 28.2 Å². The summed E-state index contributed by atoms with van der Waals surface area (Å²) >= 11 is 1.23. The van der Waals surface area contributed by atoms with Gasteiger partial charge in [-0.1, -0.05) is 25.1 Å². The number of nitrogens with zero attached hydrogens (tertiary/aromatic N) is 3. The maximum atomic E-state index is 12.9. The van der Waals surface area contributed by atoms with E-state index in [1.165, 1.54) is 23.8 Å². The van der Waals surface area contributed by atoms with Crippen molar-refractivity contribution in [3.8, 4) is 0 Å². The molecular formula is C18H23N3O4S. The zero-order valence-electron chi connectivity index (χ0n) is 15.4. The minimum absolute atomic E-state index is 0.0605. The molecule has 0 spiro atoms. The van der Waals surface area contributed by atoms with Crippen LogP contribution in [0.4, 0.5) is 0 Å². The number of thioether (sulfide) groups is 1. The van der Waals surface area contributed by atoms with E-state index in [-0.39, 0.29) is 17.2 Å². The molecule has 1 heterocycles. The Morgan fingerprint density at radius 2 is 2.04 bits per heavy atom. The monoisotopic (exact) mass is 377 g/mol. The lowest BCUT2D eigenvalue weighted by molar-refractivity contribution is -0.125. The summed E-state index contributed by atoms with van der Waals surface area (Å²) in [6.07, 6.45) is 1.77. The molecule has 0 aliphatic rings. The Balaban J connectivity index is 2.52. The van der Waals surface area contributed by atoms with Crippen molar-refractivity contribution in [1.82, 2.24) is 14.5 Å². The Kier molecular flexibility index (Phi) is 6.79. The lowest BCUT2D eigenvalue weighted by Gasteiger charge is -2.14. The average Bonchev–Trinajstić information content (AvgIpc) is 2.64. The molecule has 7 nitrogen and oxygen atoms in total. The van der Waals surface area contributed by atoms with Gasteiger partial charge in [-0.15, -0.1) is 0 Å². The number of hydrogen-bond donors (Lipinski definition) is 0.